The van der Waals surface area contributed by atoms with Gasteiger partial charge in [-0.1, -0.05) is 6.07 Å². The SMILES string of the molecule is Cc1ccc(C(=O)NCCCn2ccc3cccnc32)cc1C. The molecule has 23 heavy (non-hydrogen) atoms. The molecule has 0 saturated carbocycles. The van der Waals surface area contributed by atoms with Crippen LogP contribution in [0.2, 0.25) is 0 Å². The molecule has 3 rings (SSSR count). The number of amides is 1. The van der Waals surface area contributed by atoms with E-state index in [2.05, 4.69) is 27.0 Å². The number of rotatable bonds is 5. The number of carbonyl (C=O) groups excluding carboxylic acids is 1. The predicted octanol–water partition coefficient (Wildman–Crippen LogP) is 3.47. The van der Waals surface area contributed by atoms with Crippen LogP contribution in [0.15, 0.2) is 48.8 Å². The average Bonchev–Trinajstić information content (AvgIpc) is 2.97. The summed E-state index contributed by atoms with van der Waals surface area (Å²) in [5.74, 6) is -0.0106. The second-order valence-electron chi connectivity index (χ2n) is 5.83. The van der Waals surface area contributed by atoms with E-state index in [1.807, 2.05) is 44.3 Å². The van der Waals surface area contributed by atoms with E-state index in [-0.39, 0.29) is 5.91 Å². The Morgan fingerprint density at radius 3 is 2.87 bits per heavy atom. The number of pyridine rings is 1. The van der Waals surface area contributed by atoms with Crippen molar-refractivity contribution < 1.29 is 4.79 Å². The Bertz CT molecular complexity index is 836. The van der Waals surface area contributed by atoms with Gasteiger partial charge in [0.15, 0.2) is 0 Å². The van der Waals surface area contributed by atoms with Gasteiger partial charge < -0.3 is 9.88 Å². The maximum atomic E-state index is 12.2. The number of hydrogen-bond acceptors (Lipinski definition) is 2. The van der Waals surface area contributed by atoms with E-state index < -0.39 is 0 Å². The van der Waals surface area contributed by atoms with Crippen molar-refractivity contribution in [1.82, 2.24) is 14.9 Å². The summed E-state index contributed by atoms with van der Waals surface area (Å²) in [6.07, 6.45) is 4.72. The highest BCUT2D eigenvalue weighted by Crippen LogP contribution is 2.12. The number of aryl methyl sites for hydroxylation is 3. The third-order valence-electron chi connectivity index (χ3n) is 4.15. The van der Waals surface area contributed by atoms with Gasteiger partial charge in [-0.25, -0.2) is 4.98 Å². The molecule has 1 amide bonds. The van der Waals surface area contributed by atoms with Crippen molar-refractivity contribution >= 4 is 16.9 Å². The molecule has 4 nitrogen and oxygen atoms in total. The van der Waals surface area contributed by atoms with Crippen LogP contribution in [0.1, 0.15) is 27.9 Å². The molecule has 0 unspecified atom stereocenters. The summed E-state index contributed by atoms with van der Waals surface area (Å²) in [5, 5.41) is 4.13. The second kappa shape index (κ2) is 6.65. The van der Waals surface area contributed by atoms with Crippen LogP contribution in [-0.4, -0.2) is 22.0 Å². The maximum Gasteiger partial charge on any atom is 0.251 e. The summed E-state index contributed by atoms with van der Waals surface area (Å²) in [7, 11) is 0. The minimum absolute atomic E-state index is 0.0106. The van der Waals surface area contributed by atoms with Crippen LogP contribution >= 0.6 is 0 Å². The van der Waals surface area contributed by atoms with E-state index in [0.29, 0.717) is 6.54 Å². The lowest BCUT2D eigenvalue weighted by Crippen LogP contribution is -2.25. The average molecular weight is 307 g/mol. The number of carbonyl (C=O) groups is 1. The molecule has 0 fully saturated rings. The van der Waals surface area contributed by atoms with Crippen molar-refractivity contribution in [1.29, 1.82) is 0 Å². The Morgan fingerprint density at radius 2 is 2.04 bits per heavy atom. The third kappa shape index (κ3) is 3.42. The summed E-state index contributed by atoms with van der Waals surface area (Å²) < 4.78 is 2.12. The van der Waals surface area contributed by atoms with Crippen molar-refractivity contribution in [2.75, 3.05) is 6.54 Å². The first-order chi connectivity index (χ1) is 11.1. The number of aromatic nitrogens is 2. The highest BCUT2D eigenvalue weighted by Gasteiger charge is 2.06. The first-order valence-corrected chi connectivity index (χ1v) is 7.90. The zero-order valence-electron chi connectivity index (χ0n) is 13.5. The molecule has 0 spiro atoms. The van der Waals surface area contributed by atoms with Crippen molar-refractivity contribution in [3.8, 4) is 0 Å². The lowest BCUT2D eigenvalue weighted by molar-refractivity contribution is 0.0952. The van der Waals surface area contributed by atoms with Crippen molar-refractivity contribution in [3.63, 3.8) is 0 Å². The molecule has 2 heterocycles. The highest BCUT2D eigenvalue weighted by atomic mass is 16.1. The van der Waals surface area contributed by atoms with E-state index in [1.165, 1.54) is 5.56 Å². The summed E-state index contributed by atoms with van der Waals surface area (Å²) in [5.41, 5.74) is 4.06. The Hall–Kier alpha value is -2.62. The van der Waals surface area contributed by atoms with Crippen LogP contribution in [-0.2, 0) is 6.54 Å². The largest absolute Gasteiger partial charge is 0.352 e. The van der Waals surface area contributed by atoms with Gasteiger partial charge in [-0.05, 0) is 61.7 Å². The van der Waals surface area contributed by atoms with E-state index in [1.54, 1.807) is 6.20 Å². The number of nitrogens with one attached hydrogen (secondary N) is 1. The standard InChI is InChI=1S/C19H21N3O/c1-14-6-7-17(13-15(14)2)19(23)21-10-4-11-22-12-8-16-5-3-9-20-18(16)22/h3,5-9,12-13H,4,10-11H2,1-2H3,(H,21,23). The molecule has 0 radical (unpaired) electrons. The van der Waals surface area contributed by atoms with Crippen LogP contribution in [0.3, 0.4) is 0 Å². The Morgan fingerprint density at radius 1 is 1.17 bits per heavy atom. The number of nitrogens with zero attached hydrogens (tertiary/aromatic N) is 2. The zero-order chi connectivity index (χ0) is 16.2. The van der Waals surface area contributed by atoms with Gasteiger partial charge in [-0.15, -0.1) is 0 Å². The minimum atomic E-state index is -0.0106. The Balaban J connectivity index is 1.53. The molecule has 0 aliphatic rings. The lowest BCUT2D eigenvalue weighted by Gasteiger charge is -2.08. The van der Waals surface area contributed by atoms with Crippen LogP contribution in [0, 0.1) is 13.8 Å². The molecule has 0 saturated heterocycles. The van der Waals surface area contributed by atoms with Crippen LogP contribution in [0.4, 0.5) is 0 Å². The van der Waals surface area contributed by atoms with E-state index >= 15 is 0 Å². The van der Waals surface area contributed by atoms with E-state index in [0.717, 1.165) is 35.1 Å². The minimum Gasteiger partial charge on any atom is -0.352 e. The molecule has 118 valence electrons. The van der Waals surface area contributed by atoms with Crippen molar-refractivity contribution in [2.24, 2.45) is 0 Å². The summed E-state index contributed by atoms with van der Waals surface area (Å²) in [4.78, 5) is 16.5. The quantitative estimate of drug-likeness (QED) is 0.734. The third-order valence-corrected chi connectivity index (χ3v) is 4.15. The fourth-order valence-corrected chi connectivity index (χ4v) is 2.64. The predicted molar refractivity (Wildman–Crippen MR) is 92.6 cm³/mol. The molecule has 0 aliphatic heterocycles. The number of benzene rings is 1. The Kier molecular flexibility index (Phi) is 4.42. The zero-order valence-corrected chi connectivity index (χ0v) is 13.5. The molecule has 1 N–H and O–H groups in total. The molecule has 0 bridgehead atoms. The van der Waals surface area contributed by atoms with Gasteiger partial charge in [0.2, 0.25) is 0 Å². The van der Waals surface area contributed by atoms with Crippen LogP contribution < -0.4 is 5.32 Å². The number of hydrogen-bond donors (Lipinski definition) is 1. The molecular weight excluding hydrogens is 286 g/mol. The van der Waals surface area contributed by atoms with Gasteiger partial charge in [0.25, 0.3) is 5.91 Å². The molecular formula is C19H21N3O. The van der Waals surface area contributed by atoms with Gasteiger partial charge >= 0.3 is 0 Å². The van der Waals surface area contributed by atoms with E-state index in [9.17, 15) is 4.79 Å². The van der Waals surface area contributed by atoms with E-state index in [4.69, 9.17) is 0 Å². The normalized spacial score (nSPS) is 10.9. The molecule has 1 aromatic carbocycles. The smallest absolute Gasteiger partial charge is 0.251 e. The monoisotopic (exact) mass is 307 g/mol. The Labute approximate surface area is 136 Å². The van der Waals surface area contributed by atoms with Gasteiger partial charge in [-0.2, -0.15) is 0 Å². The summed E-state index contributed by atoms with van der Waals surface area (Å²) in [6, 6.07) is 11.9. The van der Waals surface area contributed by atoms with Gasteiger partial charge in [0.05, 0.1) is 0 Å². The van der Waals surface area contributed by atoms with Crippen molar-refractivity contribution in [3.05, 3.63) is 65.5 Å². The highest BCUT2D eigenvalue weighted by molar-refractivity contribution is 5.94. The maximum absolute atomic E-state index is 12.2. The molecule has 4 heteroatoms. The van der Waals surface area contributed by atoms with Gasteiger partial charge in [0.1, 0.15) is 5.65 Å². The van der Waals surface area contributed by atoms with Gasteiger partial charge in [-0.3, -0.25) is 4.79 Å². The number of fused-ring (bicyclic) bond motifs is 1. The first-order valence-electron chi connectivity index (χ1n) is 7.90. The van der Waals surface area contributed by atoms with Crippen molar-refractivity contribution in [2.45, 2.75) is 26.8 Å². The first kappa shape index (κ1) is 15.3. The molecule has 2 aromatic heterocycles. The molecule has 0 atom stereocenters. The molecule has 0 aliphatic carbocycles. The second-order valence-corrected chi connectivity index (χ2v) is 5.83. The topological polar surface area (TPSA) is 46.9 Å². The summed E-state index contributed by atoms with van der Waals surface area (Å²) >= 11 is 0. The van der Waals surface area contributed by atoms with Gasteiger partial charge in [0, 0.05) is 36.4 Å². The van der Waals surface area contributed by atoms with Crippen LogP contribution in [0.5, 0.6) is 0 Å². The van der Waals surface area contributed by atoms with Crippen LogP contribution in [0.25, 0.3) is 11.0 Å². The fraction of sp³-hybridized carbons (Fsp3) is 0.263. The summed E-state index contributed by atoms with van der Waals surface area (Å²) in [6.45, 7) is 5.56. The molecule has 3 aromatic rings. The lowest BCUT2D eigenvalue weighted by atomic mass is 10.1. The fourth-order valence-electron chi connectivity index (χ4n) is 2.64.